The molecule has 0 bridgehead atoms. The standard InChI is InChI=1S/C70H45NO2/c1-69(2)56-28-12-7-23-49(56)51-37-35-42(40-60(51)69)71(62-31-17-27-53-47-21-6-5-20-46(47)52-24-10-15-32-63(52)73-68(53)62)43-34-36-50-45-19-4-3-18-44(45)48-22-8-13-29-57(48)70(61(50)41-43)58-30-14-9-25-54(58)66-59(70)38-39-65-67(66)55-26-11-16-33-64(55)72-65/h3-41H,1-2H3. The Kier molecular flexibility index (Phi) is 8.16. The van der Waals surface area contributed by atoms with Crippen molar-refractivity contribution in [1.29, 1.82) is 0 Å². The number of anilines is 3. The minimum atomic E-state index is -0.741. The number of furan rings is 1. The fourth-order valence-electron chi connectivity index (χ4n) is 13.6. The molecule has 342 valence electrons. The van der Waals surface area contributed by atoms with Gasteiger partial charge in [-0.15, -0.1) is 0 Å². The Hall–Kier alpha value is -9.18. The van der Waals surface area contributed by atoms with E-state index in [9.17, 15) is 0 Å². The summed E-state index contributed by atoms with van der Waals surface area (Å²) in [5.41, 5.74) is 25.8. The lowest BCUT2D eigenvalue weighted by atomic mass is 9.65. The summed E-state index contributed by atoms with van der Waals surface area (Å²) in [6, 6.07) is 87.5. The minimum absolute atomic E-state index is 0.222. The van der Waals surface area contributed by atoms with Crippen LogP contribution in [0.2, 0.25) is 0 Å². The maximum atomic E-state index is 7.35. The smallest absolute Gasteiger partial charge is 0.159 e. The van der Waals surface area contributed by atoms with Gasteiger partial charge in [-0.3, -0.25) is 0 Å². The van der Waals surface area contributed by atoms with Crippen LogP contribution >= 0.6 is 0 Å². The molecule has 0 saturated heterocycles. The van der Waals surface area contributed by atoms with E-state index in [1.807, 2.05) is 0 Å². The molecule has 2 heterocycles. The molecule has 3 heteroatoms. The van der Waals surface area contributed by atoms with Crippen LogP contribution < -0.4 is 9.64 Å². The quantitative estimate of drug-likeness (QED) is 0.177. The molecular formula is C70H45NO2. The van der Waals surface area contributed by atoms with Crippen molar-refractivity contribution in [2.24, 2.45) is 0 Å². The maximum Gasteiger partial charge on any atom is 0.159 e. The van der Waals surface area contributed by atoms with Gasteiger partial charge >= 0.3 is 0 Å². The minimum Gasteiger partial charge on any atom is -0.456 e. The molecule has 1 atom stereocenters. The van der Waals surface area contributed by atoms with Crippen LogP contribution in [-0.4, -0.2) is 0 Å². The topological polar surface area (TPSA) is 25.6 Å². The summed E-state index contributed by atoms with van der Waals surface area (Å²) in [4.78, 5) is 2.47. The lowest BCUT2D eigenvalue weighted by Gasteiger charge is -2.37. The average molecular weight is 932 g/mol. The highest BCUT2D eigenvalue weighted by atomic mass is 16.5. The molecule has 1 aliphatic heterocycles. The summed E-state index contributed by atoms with van der Waals surface area (Å²) in [5.74, 6) is 1.65. The molecular weight excluding hydrogens is 887 g/mol. The van der Waals surface area contributed by atoms with Gasteiger partial charge in [-0.05, 0) is 138 Å². The molecule has 3 aliphatic carbocycles. The van der Waals surface area contributed by atoms with E-state index < -0.39 is 5.41 Å². The Labute approximate surface area is 423 Å². The van der Waals surface area contributed by atoms with E-state index in [1.54, 1.807) is 0 Å². The lowest BCUT2D eigenvalue weighted by molar-refractivity contribution is 0.489. The number of fused-ring (bicyclic) bond motifs is 24. The molecule has 3 nitrogen and oxygen atoms in total. The molecule has 0 amide bonds. The first-order valence-electron chi connectivity index (χ1n) is 25.4. The van der Waals surface area contributed by atoms with Crippen LogP contribution in [0.15, 0.2) is 241 Å². The monoisotopic (exact) mass is 931 g/mol. The molecule has 1 unspecified atom stereocenters. The fourth-order valence-corrected chi connectivity index (χ4v) is 13.6. The number of ether oxygens (including phenoxy) is 1. The zero-order valence-corrected chi connectivity index (χ0v) is 40.3. The van der Waals surface area contributed by atoms with Gasteiger partial charge in [0.05, 0.1) is 11.1 Å². The van der Waals surface area contributed by atoms with E-state index in [-0.39, 0.29) is 5.41 Å². The zero-order chi connectivity index (χ0) is 48.2. The van der Waals surface area contributed by atoms with E-state index in [0.29, 0.717) is 0 Å². The molecule has 11 aromatic carbocycles. The lowest BCUT2D eigenvalue weighted by Crippen LogP contribution is -2.29. The van der Waals surface area contributed by atoms with Gasteiger partial charge in [-0.25, -0.2) is 0 Å². The number of hydrogen-bond acceptors (Lipinski definition) is 3. The average Bonchev–Trinajstić information content (AvgIpc) is 3.98. The third kappa shape index (κ3) is 5.33. The van der Waals surface area contributed by atoms with E-state index in [1.165, 1.54) is 77.9 Å². The number of nitrogens with zero attached hydrogens (tertiary/aromatic N) is 1. The van der Waals surface area contributed by atoms with Crippen molar-refractivity contribution in [2.45, 2.75) is 24.7 Å². The van der Waals surface area contributed by atoms with Crippen LogP contribution in [-0.2, 0) is 10.8 Å². The Morgan fingerprint density at radius 1 is 0.342 bits per heavy atom. The molecule has 0 N–H and O–H groups in total. The van der Waals surface area contributed by atoms with Crippen LogP contribution in [0.25, 0.3) is 88.7 Å². The fraction of sp³-hybridized carbons (Fsp3) is 0.0571. The molecule has 0 fully saturated rings. The SMILES string of the molecule is CC1(C)c2ccccc2-c2ccc(N(c3ccc4c(c3)C3(c5ccccc5-c5ccccc5-4)c4ccccc4-c4c3ccc3oc5ccccc5c43)c3cccc4c3Oc3ccccc3-c3ccccc3-4)cc21. The van der Waals surface area contributed by atoms with Crippen molar-refractivity contribution < 1.29 is 9.15 Å². The van der Waals surface area contributed by atoms with Gasteiger partial charge in [0.1, 0.15) is 16.9 Å². The maximum absolute atomic E-state index is 7.35. The third-order valence-electron chi connectivity index (χ3n) is 16.7. The van der Waals surface area contributed by atoms with Crippen LogP contribution in [0.1, 0.15) is 47.2 Å². The van der Waals surface area contributed by atoms with Crippen LogP contribution in [0.3, 0.4) is 0 Å². The molecule has 1 aromatic heterocycles. The van der Waals surface area contributed by atoms with Crippen LogP contribution in [0, 0.1) is 0 Å². The van der Waals surface area contributed by atoms with Gasteiger partial charge in [-0.1, -0.05) is 202 Å². The van der Waals surface area contributed by atoms with Crippen molar-refractivity contribution in [3.8, 4) is 78.3 Å². The molecule has 73 heavy (non-hydrogen) atoms. The third-order valence-corrected chi connectivity index (χ3v) is 16.7. The summed E-state index contributed by atoms with van der Waals surface area (Å²) >= 11 is 0. The van der Waals surface area contributed by atoms with Gasteiger partial charge in [0, 0.05) is 38.7 Å². The summed E-state index contributed by atoms with van der Waals surface area (Å²) in [7, 11) is 0. The predicted molar refractivity (Wildman–Crippen MR) is 299 cm³/mol. The van der Waals surface area contributed by atoms with E-state index >= 15 is 0 Å². The molecule has 12 aromatic rings. The number of hydrogen-bond donors (Lipinski definition) is 0. The first kappa shape index (κ1) is 40.5. The highest BCUT2D eigenvalue weighted by Crippen LogP contribution is 2.64. The first-order valence-corrected chi connectivity index (χ1v) is 25.4. The van der Waals surface area contributed by atoms with Crippen molar-refractivity contribution in [2.75, 3.05) is 4.90 Å². The highest BCUT2D eigenvalue weighted by Gasteiger charge is 2.51. The predicted octanol–water partition coefficient (Wildman–Crippen LogP) is 18.8. The molecule has 1 spiro atoms. The zero-order valence-electron chi connectivity index (χ0n) is 40.3. The van der Waals surface area contributed by atoms with E-state index in [2.05, 4.69) is 255 Å². The highest BCUT2D eigenvalue weighted by molar-refractivity contribution is 6.16. The number of rotatable bonds is 3. The second-order valence-corrected chi connectivity index (χ2v) is 20.6. The van der Waals surface area contributed by atoms with E-state index in [4.69, 9.17) is 9.15 Å². The second kappa shape index (κ2) is 14.7. The van der Waals surface area contributed by atoms with Crippen molar-refractivity contribution in [1.82, 2.24) is 0 Å². The van der Waals surface area contributed by atoms with Crippen LogP contribution in [0.5, 0.6) is 11.5 Å². The number of benzene rings is 11. The van der Waals surface area contributed by atoms with Gasteiger partial charge < -0.3 is 14.1 Å². The first-order chi connectivity index (χ1) is 36.0. The Bertz CT molecular complexity index is 4360. The molecule has 0 saturated carbocycles. The van der Waals surface area contributed by atoms with Gasteiger partial charge in [0.15, 0.2) is 5.75 Å². The largest absolute Gasteiger partial charge is 0.456 e. The Morgan fingerprint density at radius 3 is 1.58 bits per heavy atom. The van der Waals surface area contributed by atoms with Gasteiger partial charge in [-0.2, -0.15) is 0 Å². The Morgan fingerprint density at radius 2 is 0.849 bits per heavy atom. The van der Waals surface area contributed by atoms with Crippen molar-refractivity contribution >= 4 is 39.0 Å². The normalized spacial score (nSPS) is 15.5. The number of para-hydroxylation sites is 3. The van der Waals surface area contributed by atoms with Crippen molar-refractivity contribution in [3.63, 3.8) is 0 Å². The second-order valence-electron chi connectivity index (χ2n) is 20.6. The Balaban J connectivity index is 1.03. The molecule has 0 radical (unpaired) electrons. The summed E-state index contributed by atoms with van der Waals surface area (Å²) in [6.45, 7) is 4.74. The van der Waals surface area contributed by atoms with Gasteiger partial charge in [0.25, 0.3) is 0 Å². The molecule has 4 aliphatic rings. The summed E-state index contributed by atoms with van der Waals surface area (Å²) < 4.78 is 14.0. The van der Waals surface area contributed by atoms with Gasteiger partial charge in [0.2, 0.25) is 0 Å². The van der Waals surface area contributed by atoms with Crippen molar-refractivity contribution in [3.05, 3.63) is 270 Å². The molecule has 16 rings (SSSR count). The summed E-state index contributed by atoms with van der Waals surface area (Å²) in [5, 5.41) is 2.28. The summed E-state index contributed by atoms with van der Waals surface area (Å²) in [6.07, 6.45) is 0. The van der Waals surface area contributed by atoms with E-state index in [0.717, 1.165) is 72.8 Å². The van der Waals surface area contributed by atoms with Crippen LogP contribution in [0.4, 0.5) is 17.1 Å².